The second-order valence-corrected chi connectivity index (χ2v) is 5.10. The normalized spacial score (nSPS) is 12.3. The van der Waals surface area contributed by atoms with Crippen LogP contribution in [-0.4, -0.2) is 6.54 Å². The molecule has 2 rings (SSSR count). The monoisotopic (exact) mass is 271 g/mol. The number of hydrogen-bond donors (Lipinski definition) is 1. The van der Waals surface area contributed by atoms with Crippen LogP contribution in [0.1, 0.15) is 36.9 Å². The minimum absolute atomic E-state index is 0.180. The van der Waals surface area contributed by atoms with Gasteiger partial charge in [0, 0.05) is 6.04 Å². The summed E-state index contributed by atoms with van der Waals surface area (Å²) in [6, 6.07) is 17.5. The summed E-state index contributed by atoms with van der Waals surface area (Å²) in [5, 5.41) is 3.58. The number of rotatable bonds is 7. The Morgan fingerprint density at radius 3 is 2.35 bits per heavy atom. The SMILES string of the molecule is CCCCNC(Cc1ccccc1)c1ccc(F)cc1. The predicted octanol–water partition coefficient (Wildman–Crippen LogP) is 4.50. The number of unbranched alkanes of at least 4 members (excludes halogenated alkanes) is 1. The number of hydrogen-bond acceptors (Lipinski definition) is 1. The molecule has 106 valence electrons. The summed E-state index contributed by atoms with van der Waals surface area (Å²) in [6.45, 7) is 3.18. The quantitative estimate of drug-likeness (QED) is 0.731. The van der Waals surface area contributed by atoms with E-state index in [0.717, 1.165) is 24.9 Å². The summed E-state index contributed by atoms with van der Waals surface area (Å²) < 4.78 is 13.1. The highest BCUT2D eigenvalue weighted by atomic mass is 19.1. The molecule has 0 saturated carbocycles. The smallest absolute Gasteiger partial charge is 0.123 e. The van der Waals surface area contributed by atoms with Gasteiger partial charge in [-0.25, -0.2) is 4.39 Å². The summed E-state index contributed by atoms with van der Waals surface area (Å²) in [6.07, 6.45) is 3.26. The minimum atomic E-state index is -0.180. The lowest BCUT2D eigenvalue weighted by Crippen LogP contribution is -2.24. The van der Waals surface area contributed by atoms with Crippen LogP contribution in [0.4, 0.5) is 4.39 Å². The van der Waals surface area contributed by atoms with E-state index < -0.39 is 0 Å². The average molecular weight is 271 g/mol. The first kappa shape index (κ1) is 14.7. The van der Waals surface area contributed by atoms with Gasteiger partial charge in [-0.2, -0.15) is 0 Å². The van der Waals surface area contributed by atoms with Gasteiger partial charge in [0.25, 0.3) is 0 Å². The maximum Gasteiger partial charge on any atom is 0.123 e. The van der Waals surface area contributed by atoms with Crippen LogP contribution in [0.15, 0.2) is 54.6 Å². The van der Waals surface area contributed by atoms with Gasteiger partial charge in [-0.1, -0.05) is 55.8 Å². The second-order valence-electron chi connectivity index (χ2n) is 5.10. The van der Waals surface area contributed by atoms with Gasteiger partial charge in [0.15, 0.2) is 0 Å². The molecule has 0 amide bonds. The Morgan fingerprint density at radius 1 is 1.00 bits per heavy atom. The van der Waals surface area contributed by atoms with Gasteiger partial charge in [0.05, 0.1) is 0 Å². The Bertz CT molecular complexity index is 493. The lowest BCUT2D eigenvalue weighted by molar-refractivity contribution is 0.516. The van der Waals surface area contributed by atoms with Gasteiger partial charge in [0.2, 0.25) is 0 Å². The van der Waals surface area contributed by atoms with Crippen LogP contribution >= 0.6 is 0 Å². The molecule has 2 heteroatoms. The number of halogens is 1. The maximum absolute atomic E-state index is 13.1. The molecule has 0 heterocycles. The van der Waals surface area contributed by atoms with Crippen LogP contribution < -0.4 is 5.32 Å². The fourth-order valence-corrected chi connectivity index (χ4v) is 2.31. The molecule has 0 aliphatic heterocycles. The topological polar surface area (TPSA) is 12.0 Å². The standard InChI is InChI=1S/C18H22FN/c1-2-3-13-20-18(14-15-7-5-4-6-8-15)16-9-11-17(19)12-10-16/h4-12,18,20H,2-3,13-14H2,1H3. The first-order chi connectivity index (χ1) is 9.79. The predicted molar refractivity (Wildman–Crippen MR) is 82.2 cm³/mol. The van der Waals surface area contributed by atoms with Crippen LogP contribution in [-0.2, 0) is 6.42 Å². The summed E-state index contributed by atoms with van der Waals surface area (Å²) in [7, 11) is 0. The lowest BCUT2D eigenvalue weighted by atomic mass is 9.98. The maximum atomic E-state index is 13.1. The molecule has 0 aliphatic carbocycles. The van der Waals surface area contributed by atoms with Crippen LogP contribution in [0.5, 0.6) is 0 Å². The molecule has 1 nitrogen and oxygen atoms in total. The van der Waals surface area contributed by atoms with Gasteiger partial charge >= 0.3 is 0 Å². The molecule has 0 spiro atoms. The van der Waals surface area contributed by atoms with Crippen LogP contribution in [0.2, 0.25) is 0 Å². The molecule has 1 atom stereocenters. The number of nitrogens with one attached hydrogen (secondary N) is 1. The Kier molecular flexibility index (Phi) is 5.75. The van der Waals surface area contributed by atoms with E-state index in [1.807, 2.05) is 18.2 Å². The van der Waals surface area contributed by atoms with E-state index >= 15 is 0 Å². The van der Waals surface area contributed by atoms with Crippen molar-refractivity contribution in [1.29, 1.82) is 0 Å². The molecule has 20 heavy (non-hydrogen) atoms. The van der Waals surface area contributed by atoms with Crippen LogP contribution in [0.25, 0.3) is 0 Å². The first-order valence-corrected chi connectivity index (χ1v) is 7.32. The van der Waals surface area contributed by atoms with E-state index in [9.17, 15) is 4.39 Å². The van der Waals surface area contributed by atoms with Crippen LogP contribution in [0, 0.1) is 5.82 Å². The zero-order valence-corrected chi connectivity index (χ0v) is 12.0. The molecule has 0 aromatic heterocycles. The van der Waals surface area contributed by atoms with Crippen molar-refractivity contribution in [2.45, 2.75) is 32.2 Å². The van der Waals surface area contributed by atoms with E-state index in [-0.39, 0.29) is 11.9 Å². The molecular weight excluding hydrogens is 249 g/mol. The van der Waals surface area contributed by atoms with Gasteiger partial charge in [-0.05, 0) is 42.6 Å². The third-order valence-electron chi connectivity index (χ3n) is 3.48. The van der Waals surface area contributed by atoms with E-state index in [4.69, 9.17) is 0 Å². The molecule has 0 fully saturated rings. The Morgan fingerprint density at radius 2 is 1.70 bits per heavy atom. The van der Waals surface area contributed by atoms with E-state index in [1.54, 1.807) is 0 Å². The Balaban J connectivity index is 2.09. The van der Waals surface area contributed by atoms with Crippen molar-refractivity contribution in [1.82, 2.24) is 5.32 Å². The molecule has 2 aromatic carbocycles. The molecule has 1 N–H and O–H groups in total. The molecule has 2 aromatic rings. The van der Waals surface area contributed by atoms with Crippen molar-refractivity contribution in [2.24, 2.45) is 0 Å². The number of benzene rings is 2. The highest BCUT2D eigenvalue weighted by Gasteiger charge is 2.11. The van der Waals surface area contributed by atoms with Crippen molar-refractivity contribution in [3.05, 3.63) is 71.5 Å². The lowest BCUT2D eigenvalue weighted by Gasteiger charge is -2.19. The van der Waals surface area contributed by atoms with Crippen molar-refractivity contribution < 1.29 is 4.39 Å². The summed E-state index contributed by atoms with van der Waals surface area (Å²) in [5.74, 6) is -0.180. The largest absolute Gasteiger partial charge is 0.310 e. The minimum Gasteiger partial charge on any atom is -0.310 e. The van der Waals surface area contributed by atoms with Gasteiger partial charge in [-0.3, -0.25) is 0 Å². The van der Waals surface area contributed by atoms with Gasteiger partial charge in [-0.15, -0.1) is 0 Å². The van der Waals surface area contributed by atoms with E-state index in [2.05, 4.69) is 36.5 Å². The van der Waals surface area contributed by atoms with Crippen LogP contribution in [0.3, 0.4) is 0 Å². The third kappa shape index (κ3) is 4.46. The summed E-state index contributed by atoms with van der Waals surface area (Å²) >= 11 is 0. The molecule has 1 unspecified atom stereocenters. The van der Waals surface area contributed by atoms with Crippen molar-refractivity contribution in [3.8, 4) is 0 Å². The average Bonchev–Trinajstić information content (AvgIpc) is 2.48. The molecule has 0 aliphatic rings. The molecule has 0 bridgehead atoms. The Labute approximate surface area is 120 Å². The van der Waals surface area contributed by atoms with Gasteiger partial charge < -0.3 is 5.32 Å². The third-order valence-corrected chi connectivity index (χ3v) is 3.48. The van der Waals surface area contributed by atoms with Gasteiger partial charge in [0.1, 0.15) is 5.82 Å². The van der Waals surface area contributed by atoms with Crippen molar-refractivity contribution in [3.63, 3.8) is 0 Å². The molecule has 0 saturated heterocycles. The fraction of sp³-hybridized carbons (Fsp3) is 0.333. The zero-order valence-electron chi connectivity index (χ0n) is 12.0. The molecule has 0 radical (unpaired) electrons. The van der Waals surface area contributed by atoms with Crippen molar-refractivity contribution in [2.75, 3.05) is 6.54 Å². The summed E-state index contributed by atoms with van der Waals surface area (Å²) in [5.41, 5.74) is 2.44. The Hall–Kier alpha value is -1.67. The van der Waals surface area contributed by atoms with E-state index in [1.165, 1.54) is 24.1 Å². The zero-order chi connectivity index (χ0) is 14.2. The highest BCUT2D eigenvalue weighted by molar-refractivity contribution is 5.24. The molecular formula is C18H22FN. The van der Waals surface area contributed by atoms with Crippen molar-refractivity contribution >= 4 is 0 Å². The fourth-order valence-electron chi connectivity index (χ4n) is 2.31. The highest BCUT2D eigenvalue weighted by Crippen LogP contribution is 2.19. The van der Waals surface area contributed by atoms with E-state index in [0.29, 0.717) is 0 Å². The summed E-state index contributed by atoms with van der Waals surface area (Å²) in [4.78, 5) is 0. The first-order valence-electron chi connectivity index (χ1n) is 7.32. The second kappa shape index (κ2) is 7.81.